The summed E-state index contributed by atoms with van der Waals surface area (Å²) in [4.78, 5) is -0.163. The molecule has 1 unspecified atom stereocenters. The number of hydrogen-bond donors (Lipinski definition) is 2. The zero-order valence-electron chi connectivity index (χ0n) is 10.9. The lowest BCUT2D eigenvalue weighted by atomic mass is 10.2. The molecule has 0 aliphatic rings. The minimum atomic E-state index is -4.42. The van der Waals surface area contributed by atoms with E-state index in [1.54, 1.807) is 0 Å². The maximum absolute atomic E-state index is 12.2. The number of aromatic nitrogens is 2. The predicted octanol–water partition coefficient (Wildman–Crippen LogP) is 0.851. The highest BCUT2D eigenvalue weighted by Crippen LogP contribution is 2.22. The van der Waals surface area contributed by atoms with Crippen molar-refractivity contribution >= 4 is 10.0 Å². The van der Waals surface area contributed by atoms with Crippen LogP contribution < -0.4 is 10.5 Å². The van der Waals surface area contributed by atoms with Gasteiger partial charge in [0.25, 0.3) is 0 Å². The maximum atomic E-state index is 12.2. The molecule has 116 valence electrons. The third kappa shape index (κ3) is 5.47. The molecule has 1 rings (SSSR count). The Morgan fingerprint density at radius 3 is 2.70 bits per heavy atom. The monoisotopic (exact) mass is 314 g/mol. The zero-order valence-corrected chi connectivity index (χ0v) is 11.7. The normalized spacial score (nSPS) is 14.4. The third-order valence-corrected chi connectivity index (χ3v) is 3.95. The number of alkyl halides is 3. The maximum Gasteiger partial charge on any atom is 0.390 e. The largest absolute Gasteiger partial charge is 0.390 e. The first kappa shape index (κ1) is 16.9. The van der Waals surface area contributed by atoms with Crippen molar-refractivity contribution in [3.8, 4) is 0 Å². The number of hydrogen-bond acceptors (Lipinski definition) is 4. The Kier molecular flexibility index (Phi) is 5.54. The average molecular weight is 314 g/mol. The van der Waals surface area contributed by atoms with Gasteiger partial charge in [-0.3, -0.25) is 4.68 Å². The van der Waals surface area contributed by atoms with Crippen LogP contribution in [0.15, 0.2) is 17.3 Å². The van der Waals surface area contributed by atoms with Gasteiger partial charge in [-0.1, -0.05) is 0 Å². The number of halogens is 3. The molecule has 0 saturated carbocycles. The summed E-state index contributed by atoms with van der Waals surface area (Å²) in [5.41, 5.74) is 5.32. The van der Waals surface area contributed by atoms with Gasteiger partial charge in [0.2, 0.25) is 10.0 Å². The molecular formula is C10H17F3N4O2S. The van der Waals surface area contributed by atoms with E-state index in [-0.39, 0.29) is 4.90 Å². The predicted molar refractivity (Wildman–Crippen MR) is 66.4 cm³/mol. The number of aryl methyl sites for hydroxylation is 1. The van der Waals surface area contributed by atoms with E-state index >= 15 is 0 Å². The van der Waals surface area contributed by atoms with E-state index < -0.39 is 28.7 Å². The van der Waals surface area contributed by atoms with Gasteiger partial charge in [-0.05, 0) is 19.9 Å². The molecule has 0 radical (unpaired) electrons. The summed E-state index contributed by atoms with van der Waals surface area (Å²) in [6.45, 7) is 2.04. The van der Waals surface area contributed by atoms with Crippen LogP contribution in [0.3, 0.4) is 0 Å². The lowest BCUT2D eigenvalue weighted by Crippen LogP contribution is -2.35. The van der Waals surface area contributed by atoms with Crippen molar-refractivity contribution in [1.29, 1.82) is 0 Å². The quantitative estimate of drug-likeness (QED) is 0.781. The Hall–Kier alpha value is -1.13. The first-order valence-electron chi connectivity index (χ1n) is 5.95. The SMILES string of the molecule is CC(CC(F)(F)F)NS(=O)(=O)c1cnn(CCCN)c1. The van der Waals surface area contributed by atoms with Crippen molar-refractivity contribution in [1.82, 2.24) is 14.5 Å². The van der Waals surface area contributed by atoms with E-state index in [0.717, 1.165) is 13.1 Å². The molecule has 3 N–H and O–H groups in total. The van der Waals surface area contributed by atoms with Gasteiger partial charge in [0.1, 0.15) is 4.90 Å². The van der Waals surface area contributed by atoms with Gasteiger partial charge >= 0.3 is 6.18 Å². The molecule has 20 heavy (non-hydrogen) atoms. The molecule has 10 heteroatoms. The van der Waals surface area contributed by atoms with Crippen LogP contribution in [-0.4, -0.2) is 37.0 Å². The molecule has 0 fully saturated rings. The van der Waals surface area contributed by atoms with Gasteiger partial charge in [0.15, 0.2) is 0 Å². The van der Waals surface area contributed by atoms with Gasteiger partial charge in [-0.25, -0.2) is 13.1 Å². The van der Waals surface area contributed by atoms with E-state index in [4.69, 9.17) is 5.73 Å². The summed E-state index contributed by atoms with van der Waals surface area (Å²) in [6.07, 6.45) is -2.67. The second-order valence-corrected chi connectivity index (χ2v) is 6.14. The van der Waals surface area contributed by atoms with Gasteiger partial charge < -0.3 is 5.73 Å². The lowest BCUT2D eigenvalue weighted by molar-refractivity contribution is -0.137. The molecule has 0 aliphatic heterocycles. The topological polar surface area (TPSA) is 90.0 Å². The van der Waals surface area contributed by atoms with E-state index in [1.165, 1.54) is 10.9 Å². The summed E-state index contributed by atoms with van der Waals surface area (Å²) < 4.78 is 63.6. The molecule has 0 amide bonds. The minimum Gasteiger partial charge on any atom is -0.330 e. The standard InChI is InChI=1S/C10H17F3N4O2S/c1-8(5-10(11,12)13)16-20(18,19)9-6-15-17(7-9)4-2-3-14/h6-8,16H,2-5,14H2,1H3. The average Bonchev–Trinajstić information content (AvgIpc) is 2.71. The van der Waals surface area contributed by atoms with Crippen molar-refractivity contribution in [3.63, 3.8) is 0 Å². The fraction of sp³-hybridized carbons (Fsp3) is 0.700. The van der Waals surface area contributed by atoms with Gasteiger partial charge in [0.05, 0.1) is 12.6 Å². The molecule has 0 spiro atoms. The van der Waals surface area contributed by atoms with E-state index in [1.807, 2.05) is 4.72 Å². The highest BCUT2D eigenvalue weighted by Gasteiger charge is 2.32. The van der Waals surface area contributed by atoms with Crippen molar-refractivity contribution in [2.24, 2.45) is 5.73 Å². The van der Waals surface area contributed by atoms with Crippen LogP contribution in [0, 0.1) is 0 Å². The van der Waals surface area contributed by atoms with E-state index in [0.29, 0.717) is 19.5 Å². The van der Waals surface area contributed by atoms with Crippen LogP contribution in [-0.2, 0) is 16.6 Å². The minimum absolute atomic E-state index is 0.163. The number of nitrogens with one attached hydrogen (secondary N) is 1. The first-order valence-corrected chi connectivity index (χ1v) is 7.44. The van der Waals surface area contributed by atoms with Gasteiger partial charge in [-0.2, -0.15) is 18.3 Å². The molecule has 0 aromatic carbocycles. The smallest absolute Gasteiger partial charge is 0.330 e. The fourth-order valence-electron chi connectivity index (χ4n) is 1.58. The van der Waals surface area contributed by atoms with Crippen LogP contribution in [0.1, 0.15) is 19.8 Å². The molecule has 0 saturated heterocycles. The van der Waals surface area contributed by atoms with Crippen molar-refractivity contribution in [2.45, 2.75) is 43.4 Å². The van der Waals surface area contributed by atoms with Crippen LogP contribution in [0.2, 0.25) is 0 Å². The molecule has 1 aromatic heterocycles. The number of sulfonamides is 1. The Morgan fingerprint density at radius 2 is 2.15 bits per heavy atom. The Morgan fingerprint density at radius 1 is 1.50 bits per heavy atom. The lowest BCUT2D eigenvalue weighted by Gasteiger charge is -2.15. The van der Waals surface area contributed by atoms with Gasteiger partial charge in [0, 0.05) is 18.8 Å². The van der Waals surface area contributed by atoms with Crippen LogP contribution in [0.5, 0.6) is 0 Å². The zero-order chi connectivity index (χ0) is 15.4. The molecular weight excluding hydrogens is 297 g/mol. The molecule has 1 heterocycles. The number of rotatable bonds is 7. The highest BCUT2D eigenvalue weighted by molar-refractivity contribution is 7.89. The van der Waals surface area contributed by atoms with Crippen molar-refractivity contribution < 1.29 is 21.6 Å². The van der Waals surface area contributed by atoms with Crippen molar-refractivity contribution in [3.05, 3.63) is 12.4 Å². The summed E-state index contributed by atoms with van der Waals surface area (Å²) in [7, 11) is -4.00. The summed E-state index contributed by atoms with van der Waals surface area (Å²) in [6, 6.07) is -1.24. The fourth-order valence-corrected chi connectivity index (χ4v) is 2.78. The Bertz CT molecular complexity index is 527. The number of nitrogens with two attached hydrogens (primary N) is 1. The Balaban J connectivity index is 2.71. The van der Waals surface area contributed by atoms with Crippen LogP contribution >= 0.6 is 0 Å². The second-order valence-electron chi connectivity index (χ2n) is 4.42. The first-order chi connectivity index (χ1) is 9.14. The van der Waals surface area contributed by atoms with E-state index in [9.17, 15) is 21.6 Å². The molecule has 0 bridgehead atoms. The molecule has 1 aromatic rings. The van der Waals surface area contributed by atoms with Crippen LogP contribution in [0.4, 0.5) is 13.2 Å². The van der Waals surface area contributed by atoms with Crippen LogP contribution in [0.25, 0.3) is 0 Å². The van der Waals surface area contributed by atoms with Crippen molar-refractivity contribution in [2.75, 3.05) is 6.54 Å². The molecule has 1 atom stereocenters. The highest BCUT2D eigenvalue weighted by atomic mass is 32.2. The third-order valence-electron chi connectivity index (χ3n) is 2.41. The van der Waals surface area contributed by atoms with Gasteiger partial charge in [-0.15, -0.1) is 0 Å². The Labute approximate surface area is 115 Å². The summed E-state index contributed by atoms with van der Waals surface area (Å²) >= 11 is 0. The summed E-state index contributed by atoms with van der Waals surface area (Å²) in [5, 5.41) is 3.82. The molecule has 6 nitrogen and oxygen atoms in total. The molecule has 0 aliphatic carbocycles. The number of nitrogens with zero attached hydrogens (tertiary/aromatic N) is 2. The second kappa shape index (κ2) is 6.55. The van der Waals surface area contributed by atoms with E-state index in [2.05, 4.69) is 5.10 Å². The summed E-state index contributed by atoms with van der Waals surface area (Å²) in [5.74, 6) is 0.